The Kier molecular flexibility index (Phi) is 6.46. The van der Waals surface area contributed by atoms with Crippen molar-refractivity contribution in [1.82, 2.24) is 19.9 Å². The van der Waals surface area contributed by atoms with Crippen molar-refractivity contribution >= 4 is 0 Å². The third kappa shape index (κ3) is 5.75. The second-order valence-corrected chi connectivity index (χ2v) is 6.63. The highest BCUT2D eigenvalue weighted by Gasteiger charge is 2.30. The lowest BCUT2D eigenvalue weighted by Gasteiger charge is -2.27. The van der Waals surface area contributed by atoms with Gasteiger partial charge in [-0.25, -0.2) is 0 Å². The highest BCUT2D eigenvalue weighted by Crippen LogP contribution is 2.30. The molecule has 0 aliphatic carbocycles. The van der Waals surface area contributed by atoms with E-state index < -0.39 is 11.7 Å². The molecule has 1 saturated heterocycles. The van der Waals surface area contributed by atoms with Crippen molar-refractivity contribution in [3.8, 4) is 11.4 Å². The second kappa shape index (κ2) is 8.81. The van der Waals surface area contributed by atoms with Gasteiger partial charge in [-0.15, -0.1) is 0 Å². The van der Waals surface area contributed by atoms with E-state index >= 15 is 0 Å². The van der Waals surface area contributed by atoms with E-state index in [0.29, 0.717) is 23.8 Å². The van der Waals surface area contributed by atoms with E-state index in [1.54, 1.807) is 0 Å². The molecule has 1 fully saturated rings. The summed E-state index contributed by atoms with van der Waals surface area (Å²) in [6.07, 6.45) is -3.33. The summed E-state index contributed by atoms with van der Waals surface area (Å²) in [5.74, 6) is 0.735. The molecule has 0 amide bonds. The average molecular weight is 384 g/mol. The molecule has 0 spiro atoms. The first kappa shape index (κ1) is 19.8. The summed E-state index contributed by atoms with van der Waals surface area (Å²) in [6, 6.07) is 4.74. The first-order valence-corrected chi connectivity index (χ1v) is 8.91. The van der Waals surface area contributed by atoms with Crippen molar-refractivity contribution < 1.29 is 22.4 Å². The Balaban J connectivity index is 1.48. The van der Waals surface area contributed by atoms with E-state index in [0.717, 1.165) is 57.9 Å². The molecule has 0 bridgehead atoms. The van der Waals surface area contributed by atoms with Crippen LogP contribution < -0.4 is 0 Å². The van der Waals surface area contributed by atoms with E-state index in [1.165, 1.54) is 12.1 Å². The number of benzene rings is 1. The zero-order chi connectivity index (χ0) is 19.3. The van der Waals surface area contributed by atoms with Gasteiger partial charge in [0.05, 0.1) is 25.3 Å². The molecule has 3 rings (SSSR count). The fourth-order valence-electron chi connectivity index (χ4n) is 2.94. The van der Waals surface area contributed by atoms with Gasteiger partial charge in [-0.2, -0.15) is 18.2 Å². The molecule has 2 heterocycles. The Bertz CT molecular complexity index is 712. The summed E-state index contributed by atoms with van der Waals surface area (Å²) >= 11 is 0. The molecule has 0 N–H and O–H groups in total. The molecular weight excluding hydrogens is 361 g/mol. The van der Waals surface area contributed by atoms with Gasteiger partial charge in [-0.1, -0.05) is 17.3 Å². The lowest BCUT2D eigenvalue weighted by Crippen LogP contribution is -2.37. The number of morpholine rings is 1. The van der Waals surface area contributed by atoms with Crippen molar-refractivity contribution in [3.63, 3.8) is 0 Å². The minimum Gasteiger partial charge on any atom is -0.379 e. The van der Waals surface area contributed by atoms with E-state index in [1.807, 2.05) is 7.05 Å². The predicted molar refractivity (Wildman–Crippen MR) is 92.9 cm³/mol. The molecule has 9 heteroatoms. The maximum atomic E-state index is 12.6. The first-order valence-electron chi connectivity index (χ1n) is 8.91. The van der Waals surface area contributed by atoms with Crippen LogP contribution in [0.4, 0.5) is 13.2 Å². The van der Waals surface area contributed by atoms with Gasteiger partial charge >= 0.3 is 6.18 Å². The Labute approximate surface area is 155 Å². The number of hydrogen-bond donors (Lipinski definition) is 0. The summed E-state index contributed by atoms with van der Waals surface area (Å²) in [5, 5.41) is 3.87. The molecule has 0 unspecified atom stereocenters. The molecular formula is C18H23F3N4O2. The lowest BCUT2D eigenvalue weighted by atomic mass is 10.1. The van der Waals surface area contributed by atoms with Gasteiger partial charge in [0.25, 0.3) is 0 Å². The maximum Gasteiger partial charge on any atom is 0.416 e. The van der Waals surface area contributed by atoms with Crippen LogP contribution in [0.5, 0.6) is 0 Å². The minimum atomic E-state index is -4.36. The van der Waals surface area contributed by atoms with Gasteiger partial charge in [0.15, 0.2) is 0 Å². The van der Waals surface area contributed by atoms with Crippen LogP contribution in [0, 0.1) is 0 Å². The first-order chi connectivity index (χ1) is 12.9. The quantitative estimate of drug-likeness (QED) is 0.732. The Morgan fingerprint density at radius 1 is 1.15 bits per heavy atom. The number of alkyl halides is 3. The second-order valence-electron chi connectivity index (χ2n) is 6.63. The molecule has 27 heavy (non-hydrogen) atoms. The van der Waals surface area contributed by atoms with Crippen LogP contribution in [0.1, 0.15) is 17.9 Å². The summed E-state index contributed by atoms with van der Waals surface area (Å²) in [7, 11) is 1.97. The van der Waals surface area contributed by atoms with Crippen LogP contribution in [-0.4, -0.2) is 66.4 Å². The normalized spacial score (nSPS) is 16.2. The molecule has 0 atom stereocenters. The van der Waals surface area contributed by atoms with Crippen molar-refractivity contribution in [1.29, 1.82) is 0 Å². The molecule has 0 radical (unpaired) electrons. The number of hydrogen-bond acceptors (Lipinski definition) is 6. The predicted octanol–water partition coefficient (Wildman–Crippen LogP) is 2.91. The number of halogens is 3. The Morgan fingerprint density at radius 2 is 1.85 bits per heavy atom. The number of ether oxygens (including phenoxy) is 1. The van der Waals surface area contributed by atoms with Gasteiger partial charge < -0.3 is 9.26 Å². The standard InChI is InChI=1S/C18H23F3N4O2/c1-24(7-2-8-25-9-11-26-12-10-25)13-16-22-17(23-27-16)14-3-5-15(6-4-14)18(19,20)21/h3-6H,2,7-13H2,1H3. The molecule has 2 aromatic rings. The monoisotopic (exact) mass is 384 g/mol. The Hall–Kier alpha value is -1.97. The van der Waals surface area contributed by atoms with Gasteiger partial charge in [0.2, 0.25) is 11.7 Å². The summed E-state index contributed by atoms with van der Waals surface area (Å²) in [6.45, 7) is 5.95. The third-order valence-corrected chi connectivity index (χ3v) is 4.46. The molecule has 0 saturated carbocycles. The minimum absolute atomic E-state index is 0.292. The van der Waals surface area contributed by atoms with E-state index in [4.69, 9.17) is 9.26 Å². The van der Waals surface area contributed by atoms with Gasteiger partial charge in [0.1, 0.15) is 0 Å². The highest BCUT2D eigenvalue weighted by molar-refractivity contribution is 5.54. The zero-order valence-corrected chi connectivity index (χ0v) is 15.2. The van der Waals surface area contributed by atoms with Crippen molar-refractivity contribution in [2.45, 2.75) is 19.1 Å². The van der Waals surface area contributed by atoms with Crippen LogP contribution in [0.15, 0.2) is 28.8 Å². The number of aromatic nitrogens is 2. The Morgan fingerprint density at radius 3 is 2.52 bits per heavy atom. The van der Waals surface area contributed by atoms with Crippen LogP contribution >= 0.6 is 0 Å². The van der Waals surface area contributed by atoms with Crippen molar-refractivity contribution in [2.75, 3.05) is 46.4 Å². The van der Waals surface area contributed by atoms with Crippen LogP contribution in [0.25, 0.3) is 11.4 Å². The van der Waals surface area contributed by atoms with E-state index in [9.17, 15) is 13.2 Å². The fourth-order valence-corrected chi connectivity index (χ4v) is 2.94. The molecule has 1 aromatic heterocycles. The van der Waals surface area contributed by atoms with Crippen LogP contribution in [0.2, 0.25) is 0 Å². The molecule has 1 aromatic carbocycles. The lowest BCUT2D eigenvalue weighted by molar-refractivity contribution is -0.137. The maximum absolute atomic E-state index is 12.6. The van der Waals surface area contributed by atoms with E-state index in [-0.39, 0.29) is 0 Å². The topological polar surface area (TPSA) is 54.6 Å². The van der Waals surface area contributed by atoms with Gasteiger partial charge in [-0.3, -0.25) is 9.80 Å². The molecule has 1 aliphatic rings. The summed E-state index contributed by atoms with van der Waals surface area (Å²) < 4.78 is 48.4. The highest BCUT2D eigenvalue weighted by atomic mass is 19.4. The zero-order valence-electron chi connectivity index (χ0n) is 15.2. The van der Waals surface area contributed by atoms with E-state index in [2.05, 4.69) is 19.9 Å². The average Bonchev–Trinajstić information content (AvgIpc) is 3.10. The number of nitrogens with zero attached hydrogens (tertiary/aromatic N) is 4. The SMILES string of the molecule is CN(CCCN1CCOCC1)Cc1nc(-c2ccc(C(F)(F)F)cc2)no1. The van der Waals surface area contributed by atoms with Crippen LogP contribution in [0.3, 0.4) is 0 Å². The number of rotatable bonds is 7. The largest absolute Gasteiger partial charge is 0.416 e. The van der Waals surface area contributed by atoms with Crippen molar-refractivity contribution in [2.24, 2.45) is 0 Å². The molecule has 6 nitrogen and oxygen atoms in total. The van der Waals surface area contributed by atoms with Gasteiger partial charge in [-0.05, 0) is 38.7 Å². The molecule has 148 valence electrons. The van der Waals surface area contributed by atoms with Gasteiger partial charge in [0, 0.05) is 18.7 Å². The van der Waals surface area contributed by atoms with Crippen LogP contribution in [-0.2, 0) is 17.5 Å². The fraction of sp³-hybridized carbons (Fsp3) is 0.556. The molecule has 1 aliphatic heterocycles. The third-order valence-electron chi connectivity index (χ3n) is 4.46. The van der Waals surface area contributed by atoms with Crippen molar-refractivity contribution in [3.05, 3.63) is 35.7 Å². The summed E-state index contributed by atoms with van der Waals surface area (Å²) in [4.78, 5) is 8.75. The smallest absolute Gasteiger partial charge is 0.379 e. The summed E-state index contributed by atoms with van der Waals surface area (Å²) in [5.41, 5.74) is -0.206.